The van der Waals surface area contributed by atoms with Crippen LogP contribution in [-0.2, 0) is 0 Å². The van der Waals surface area contributed by atoms with Crippen molar-refractivity contribution in [2.75, 3.05) is 31.6 Å². The van der Waals surface area contributed by atoms with Crippen LogP contribution >= 0.6 is 0 Å². The van der Waals surface area contributed by atoms with E-state index in [0.29, 0.717) is 31.1 Å². The SMILES string of the molecule is CC(C)C(N)CCN(C)C(=O)c1ccc(N2CCNC2=O)cc1. The molecule has 2 rings (SSSR count). The van der Waals surface area contributed by atoms with Gasteiger partial charge in [0.25, 0.3) is 5.91 Å². The third-order valence-corrected chi connectivity index (χ3v) is 4.28. The molecule has 1 unspecified atom stereocenters. The maximum absolute atomic E-state index is 12.4. The Labute approximate surface area is 137 Å². The first-order valence-corrected chi connectivity index (χ1v) is 8.06. The molecule has 1 heterocycles. The van der Waals surface area contributed by atoms with Crippen molar-refractivity contribution >= 4 is 17.6 Å². The summed E-state index contributed by atoms with van der Waals surface area (Å²) in [6, 6.07) is 7.16. The number of urea groups is 1. The summed E-state index contributed by atoms with van der Waals surface area (Å²) < 4.78 is 0. The molecule has 3 N–H and O–H groups in total. The number of nitrogens with zero attached hydrogens (tertiary/aromatic N) is 2. The molecule has 126 valence electrons. The molecule has 1 saturated heterocycles. The fraction of sp³-hybridized carbons (Fsp3) is 0.529. The molecule has 0 saturated carbocycles. The number of benzene rings is 1. The molecule has 1 fully saturated rings. The lowest BCUT2D eigenvalue weighted by Crippen LogP contribution is -2.34. The molecular weight excluding hydrogens is 292 g/mol. The molecule has 23 heavy (non-hydrogen) atoms. The van der Waals surface area contributed by atoms with E-state index in [1.54, 1.807) is 29.0 Å². The lowest BCUT2D eigenvalue weighted by Gasteiger charge is -2.22. The van der Waals surface area contributed by atoms with Gasteiger partial charge in [-0.3, -0.25) is 9.69 Å². The molecule has 6 nitrogen and oxygen atoms in total. The van der Waals surface area contributed by atoms with Gasteiger partial charge in [-0.1, -0.05) is 13.8 Å². The fourth-order valence-electron chi connectivity index (χ4n) is 2.50. The van der Waals surface area contributed by atoms with Crippen molar-refractivity contribution in [1.29, 1.82) is 0 Å². The second-order valence-corrected chi connectivity index (χ2v) is 6.35. The molecular formula is C17H26N4O2. The highest BCUT2D eigenvalue weighted by molar-refractivity contribution is 5.96. The van der Waals surface area contributed by atoms with Gasteiger partial charge in [0, 0.05) is 44.0 Å². The molecule has 1 aromatic carbocycles. The van der Waals surface area contributed by atoms with Crippen molar-refractivity contribution in [3.63, 3.8) is 0 Å². The van der Waals surface area contributed by atoms with Crippen molar-refractivity contribution in [3.05, 3.63) is 29.8 Å². The van der Waals surface area contributed by atoms with Crippen molar-refractivity contribution in [3.8, 4) is 0 Å². The van der Waals surface area contributed by atoms with E-state index in [0.717, 1.165) is 12.1 Å². The van der Waals surface area contributed by atoms with Crippen molar-refractivity contribution in [1.82, 2.24) is 10.2 Å². The number of amides is 3. The van der Waals surface area contributed by atoms with Crippen LogP contribution < -0.4 is 16.0 Å². The van der Waals surface area contributed by atoms with Crippen LogP contribution in [0.3, 0.4) is 0 Å². The third kappa shape index (κ3) is 4.22. The molecule has 0 spiro atoms. The summed E-state index contributed by atoms with van der Waals surface area (Å²) in [5.74, 6) is 0.378. The Balaban J connectivity index is 1.95. The summed E-state index contributed by atoms with van der Waals surface area (Å²) in [7, 11) is 1.79. The van der Waals surface area contributed by atoms with Crippen LogP contribution in [0.1, 0.15) is 30.6 Å². The van der Waals surface area contributed by atoms with Crippen molar-refractivity contribution in [2.24, 2.45) is 11.7 Å². The van der Waals surface area contributed by atoms with Crippen LogP contribution in [0.25, 0.3) is 0 Å². The Kier molecular flexibility index (Phi) is 5.60. The van der Waals surface area contributed by atoms with Gasteiger partial charge in [-0.05, 0) is 36.6 Å². The Morgan fingerprint density at radius 1 is 1.35 bits per heavy atom. The van der Waals surface area contributed by atoms with E-state index < -0.39 is 0 Å². The Morgan fingerprint density at radius 3 is 2.52 bits per heavy atom. The van der Waals surface area contributed by atoms with Crippen LogP contribution in [0, 0.1) is 5.92 Å². The molecule has 6 heteroatoms. The highest BCUT2D eigenvalue weighted by Gasteiger charge is 2.21. The smallest absolute Gasteiger partial charge is 0.321 e. The second-order valence-electron chi connectivity index (χ2n) is 6.35. The van der Waals surface area contributed by atoms with Crippen LogP contribution in [0.4, 0.5) is 10.5 Å². The van der Waals surface area contributed by atoms with Gasteiger partial charge in [0.2, 0.25) is 0 Å². The van der Waals surface area contributed by atoms with Crippen LogP contribution in [0.15, 0.2) is 24.3 Å². The Morgan fingerprint density at radius 2 is 2.00 bits per heavy atom. The number of nitrogens with two attached hydrogens (primary N) is 1. The zero-order valence-corrected chi connectivity index (χ0v) is 14.1. The Bertz CT molecular complexity index is 556. The van der Waals surface area contributed by atoms with E-state index >= 15 is 0 Å². The minimum atomic E-state index is -0.0936. The minimum Gasteiger partial charge on any atom is -0.342 e. The summed E-state index contributed by atoms with van der Waals surface area (Å²) in [4.78, 5) is 27.4. The molecule has 1 aliphatic rings. The first-order chi connectivity index (χ1) is 10.9. The van der Waals surface area contributed by atoms with Crippen molar-refractivity contribution < 1.29 is 9.59 Å². The summed E-state index contributed by atoms with van der Waals surface area (Å²) in [6.07, 6.45) is 0.784. The minimum absolute atomic E-state index is 0.0293. The van der Waals surface area contributed by atoms with E-state index in [1.807, 2.05) is 12.1 Å². The number of anilines is 1. The lowest BCUT2D eigenvalue weighted by atomic mass is 10.0. The van der Waals surface area contributed by atoms with Gasteiger partial charge in [-0.25, -0.2) is 4.79 Å². The van der Waals surface area contributed by atoms with Gasteiger partial charge in [-0.15, -0.1) is 0 Å². The summed E-state index contributed by atoms with van der Waals surface area (Å²) in [6.45, 7) is 6.10. The zero-order chi connectivity index (χ0) is 17.0. The molecule has 0 bridgehead atoms. The van der Waals surface area contributed by atoms with Gasteiger partial charge in [0.05, 0.1) is 0 Å². The third-order valence-electron chi connectivity index (χ3n) is 4.28. The maximum atomic E-state index is 12.4. The molecule has 0 aliphatic carbocycles. The molecule has 1 atom stereocenters. The predicted octanol–water partition coefficient (Wildman–Crippen LogP) is 1.66. The van der Waals surface area contributed by atoms with Gasteiger partial charge in [0.15, 0.2) is 0 Å². The average molecular weight is 318 g/mol. The van der Waals surface area contributed by atoms with Crippen LogP contribution in [0.2, 0.25) is 0 Å². The quantitative estimate of drug-likeness (QED) is 0.837. The molecule has 1 aromatic rings. The number of carbonyl (C=O) groups is 2. The van der Waals surface area contributed by atoms with E-state index in [4.69, 9.17) is 5.73 Å². The first-order valence-electron chi connectivity index (χ1n) is 8.06. The van der Waals surface area contributed by atoms with Crippen LogP contribution in [0.5, 0.6) is 0 Å². The van der Waals surface area contributed by atoms with E-state index in [-0.39, 0.29) is 18.0 Å². The van der Waals surface area contributed by atoms with E-state index in [2.05, 4.69) is 19.2 Å². The number of rotatable bonds is 6. The monoisotopic (exact) mass is 318 g/mol. The lowest BCUT2D eigenvalue weighted by molar-refractivity contribution is 0.0789. The average Bonchev–Trinajstić information content (AvgIpc) is 2.97. The topological polar surface area (TPSA) is 78.7 Å². The standard InChI is InChI=1S/C17H26N4O2/c1-12(2)15(18)8-10-20(3)16(22)13-4-6-14(7-5-13)21-11-9-19-17(21)23/h4-7,12,15H,8-11,18H2,1-3H3,(H,19,23). The number of hydrogen-bond acceptors (Lipinski definition) is 3. The van der Waals surface area contributed by atoms with Gasteiger partial charge < -0.3 is 16.0 Å². The fourth-order valence-corrected chi connectivity index (χ4v) is 2.50. The van der Waals surface area contributed by atoms with Gasteiger partial charge >= 0.3 is 6.03 Å². The second kappa shape index (κ2) is 7.46. The molecule has 3 amide bonds. The number of nitrogens with one attached hydrogen (secondary N) is 1. The molecule has 1 aliphatic heterocycles. The zero-order valence-electron chi connectivity index (χ0n) is 14.1. The normalized spacial score (nSPS) is 15.7. The highest BCUT2D eigenvalue weighted by atomic mass is 16.2. The van der Waals surface area contributed by atoms with Crippen LogP contribution in [-0.4, -0.2) is 49.6 Å². The first kappa shape index (κ1) is 17.3. The maximum Gasteiger partial charge on any atom is 0.321 e. The highest BCUT2D eigenvalue weighted by Crippen LogP contribution is 2.18. The van der Waals surface area contributed by atoms with E-state index in [1.165, 1.54) is 0 Å². The summed E-state index contributed by atoms with van der Waals surface area (Å²) in [5, 5.41) is 2.76. The van der Waals surface area contributed by atoms with Gasteiger partial charge in [0.1, 0.15) is 0 Å². The molecule has 0 aromatic heterocycles. The largest absolute Gasteiger partial charge is 0.342 e. The Hall–Kier alpha value is -2.08. The van der Waals surface area contributed by atoms with E-state index in [9.17, 15) is 9.59 Å². The summed E-state index contributed by atoms with van der Waals surface area (Å²) >= 11 is 0. The number of carbonyl (C=O) groups excluding carboxylic acids is 2. The van der Waals surface area contributed by atoms with Gasteiger partial charge in [-0.2, -0.15) is 0 Å². The molecule has 0 radical (unpaired) electrons. The van der Waals surface area contributed by atoms with Crippen molar-refractivity contribution in [2.45, 2.75) is 26.3 Å². The predicted molar refractivity (Wildman–Crippen MR) is 91.6 cm³/mol. The summed E-state index contributed by atoms with van der Waals surface area (Å²) in [5.41, 5.74) is 7.45. The number of hydrogen-bond donors (Lipinski definition) is 2.